The van der Waals surface area contributed by atoms with Gasteiger partial charge in [-0.05, 0) is 56.7 Å². The average molecular weight is 331 g/mol. The Balaban J connectivity index is 3.03. The Bertz CT molecular complexity index is 548. The van der Waals surface area contributed by atoms with Crippen molar-refractivity contribution in [1.82, 2.24) is 4.72 Å². The fourth-order valence-electron chi connectivity index (χ4n) is 2.33. The third kappa shape index (κ3) is 5.20. The van der Waals surface area contributed by atoms with Crippen LogP contribution in [0.3, 0.4) is 0 Å². The number of nitrogens with one attached hydrogen (secondary N) is 2. The van der Waals surface area contributed by atoms with Crippen molar-refractivity contribution in [2.45, 2.75) is 45.6 Å². The molecule has 1 unspecified atom stereocenters. The molecule has 0 aliphatic carbocycles. The van der Waals surface area contributed by atoms with Gasteiger partial charge in [-0.1, -0.05) is 6.92 Å². The Morgan fingerprint density at radius 1 is 1.19 bits per heavy atom. The summed E-state index contributed by atoms with van der Waals surface area (Å²) in [6, 6.07) is 3.69. The summed E-state index contributed by atoms with van der Waals surface area (Å²) < 4.78 is 27.9. The highest BCUT2D eigenvalue weighted by molar-refractivity contribution is 7.99. The van der Waals surface area contributed by atoms with Crippen molar-refractivity contribution in [3.63, 3.8) is 0 Å². The SMILES string of the molecule is CCNc1cc(C)c(S(=O)(=O)NC(C)CSCC)c(C)c1. The number of aryl methyl sites for hydroxylation is 2. The van der Waals surface area contributed by atoms with Gasteiger partial charge in [0.25, 0.3) is 0 Å². The Morgan fingerprint density at radius 3 is 2.24 bits per heavy atom. The predicted octanol–water partition coefficient (Wildman–Crippen LogP) is 3.16. The molecule has 2 N–H and O–H groups in total. The van der Waals surface area contributed by atoms with Crippen molar-refractivity contribution in [3.05, 3.63) is 23.3 Å². The van der Waals surface area contributed by atoms with Gasteiger partial charge in [-0.15, -0.1) is 0 Å². The van der Waals surface area contributed by atoms with Crippen LogP contribution in [0.25, 0.3) is 0 Å². The van der Waals surface area contributed by atoms with Crippen LogP contribution >= 0.6 is 11.8 Å². The number of sulfonamides is 1. The molecule has 21 heavy (non-hydrogen) atoms. The average Bonchev–Trinajstić information content (AvgIpc) is 2.34. The standard InChI is InChI=1S/C15H26N2O2S2/c1-6-16-14-8-11(3)15(12(4)9-14)21(18,19)17-13(5)10-20-7-2/h8-9,13,16-17H,6-7,10H2,1-5H3. The van der Waals surface area contributed by atoms with Crippen molar-refractivity contribution in [2.75, 3.05) is 23.4 Å². The third-order valence-electron chi connectivity index (χ3n) is 3.04. The monoisotopic (exact) mass is 330 g/mol. The molecule has 120 valence electrons. The summed E-state index contributed by atoms with van der Waals surface area (Å²) in [5, 5.41) is 3.22. The van der Waals surface area contributed by atoms with Gasteiger partial charge in [0.1, 0.15) is 0 Å². The first-order valence-electron chi connectivity index (χ1n) is 7.27. The molecule has 6 heteroatoms. The van der Waals surface area contributed by atoms with E-state index in [9.17, 15) is 8.42 Å². The topological polar surface area (TPSA) is 58.2 Å². The lowest BCUT2D eigenvalue weighted by atomic mass is 10.1. The zero-order chi connectivity index (χ0) is 16.0. The largest absolute Gasteiger partial charge is 0.385 e. The summed E-state index contributed by atoms with van der Waals surface area (Å²) in [7, 11) is -3.47. The van der Waals surface area contributed by atoms with E-state index in [1.807, 2.05) is 39.8 Å². The van der Waals surface area contributed by atoms with Gasteiger partial charge in [0.05, 0.1) is 4.90 Å². The number of rotatable bonds is 8. The van der Waals surface area contributed by atoms with Gasteiger partial charge in [0, 0.05) is 24.0 Å². The molecule has 0 aromatic heterocycles. The van der Waals surface area contributed by atoms with E-state index in [4.69, 9.17) is 0 Å². The summed E-state index contributed by atoms with van der Waals surface area (Å²) in [5.41, 5.74) is 2.50. The van der Waals surface area contributed by atoms with E-state index in [-0.39, 0.29) is 6.04 Å². The van der Waals surface area contributed by atoms with Crippen LogP contribution in [0.15, 0.2) is 17.0 Å². The fourth-order valence-corrected chi connectivity index (χ4v) is 4.81. The number of hydrogen-bond acceptors (Lipinski definition) is 4. The molecule has 1 rings (SSSR count). The maximum atomic E-state index is 12.6. The van der Waals surface area contributed by atoms with E-state index in [1.165, 1.54) is 0 Å². The summed E-state index contributed by atoms with van der Waals surface area (Å²) in [4.78, 5) is 0.400. The lowest BCUT2D eigenvalue weighted by molar-refractivity contribution is 0.570. The minimum absolute atomic E-state index is 0.0767. The van der Waals surface area contributed by atoms with Crippen molar-refractivity contribution in [3.8, 4) is 0 Å². The number of thioether (sulfide) groups is 1. The normalized spacial score (nSPS) is 13.2. The molecule has 0 saturated heterocycles. The molecule has 0 spiro atoms. The van der Waals surface area contributed by atoms with Crippen LogP contribution in [0.1, 0.15) is 31.9 Å². The molecule has 0 heterocycles. The van der Waals surface area contributed by atoms with Gasteiger partial charge >= 0.3 is 0 Å². The molecule has 1 aromatic rings. The first-order chi connectivity index (χ1) is 9.81. The van der Waals surface area contributed by atoms with Gasteiger partial charge in [0.15, 0.2) is 0 Å². The lowest BCUT2D eigenvalue weighted by Gasteiger charge is -2.17. The summed E-state index contributed by atoms with van der Waals surface area (Å²) in [6.07, 6.45) is 0. The molecule has 0 saturated carbocycles. The zero-order valence-electron chi connectivity index (χ0n) is 13.5. The maximum absolute atomic E-state index is 12.6. The molecule has 0 bridgehead atoms. The highest BCUT2D eigenvalue weighted by Gasteiger charge is 2.22. The molecule has 0 amide bonds. The minimum atomic E-state index is -3.47. The highest BCUT2D eigenvalue weighted by Crippen LogP contribution is 2.24. The Labute approximate surface area is 133 Å². The first-order valence-corrected chi connectivity index (χ1v) is 9.90. The minimum Gasteiger partial charge on any atom is -0.385 e. The van der Waals surface area contributed by atoms with E-state index in [2.05, 4.69) is 17.0 Å². The van der Waals surface area contributed by atoms with Gasteiger partial charge in [-0.2, -0.15) is 11.8 Å². The predicted molar refractivity (Wildman–Crippen MR) is 92.9 cm³/mol. The number of hydrogen-bond donors (Lipinski definition) is 2. The van der Waals surface area contributed by atoms with E-state index >= 15 is 0 Å². The molecule has 0 fully saturated rings. The summed E-state index contributed by atoms with van der Waals surface area (Å²) >= 11 is 1.73. The van der Waals surface area contributed by atoms with Gasteiger partial charge < -0.3 is 5.32 Å². The van der Waals surface area contributed by atoms with Crippen molar-refractivity contribution in [2.24, 2.45) is 0 Å². The first kappa shape index (κ1) is 18.3. The highest BCUT2D eigenvalue weighted by atomic mass is 32.2. The van der Waals surface area contributed by atoms with Crippen LogP contribution in [0.4, 0.5) is 5.69 Å². The van der Waals surface area contributed by atoms with Crippen LogP contribution in [0.5, 0.6) is 0 Å². The van der Waals surface area contributed by atoms with Crippen LogP contribution in [0, 0.1) is 13.8 Å². The van der Waals surface area contributed by atoms with Crippen LogP contribution < -0.4 is 10.0 Å². The summed E-state index contributed by atoms with van der Waals surface area (Å²) in [6.45, 7) is 10.5. The smallest absolute Gasteiger partial charge is 0.241 e. The molecule has 0 radical (unpaired) electrons. The van der Waals surface area contributed by atoms with Crippen molar-refractivity contribution in [1.29, 1.82) is 0 Å². The molecule has 1 aromatic carbocycles. The molecular weight excluding hydrogens is 304 g/mol. The van der Waals surface area contributed by atoms with E-state index in [0.29, 0.717) is 4.90 Å². The van der Waals surface area contributed by atoms with Gasteiger partial charge in [-0.3, -0.25) is 0 Å². The molecule has 4 nitrogen and oxygen atoms in total. The van der Waals surface area contributed by atoms with Crippen LogP contribution in [-0.4, -0.2) is 32.5 Å². The fraction of sp³-hybridized carbons (Fsp3) is 0.600. The number of anilines is 1. The second-order valence-electron chi connectivity index (χ2n) is 5.15. The van der Waals surface area contributed by atoms with Gasteiger partial charge in [-0.25, -0.2) is 13.1 Å². The maximum Gasteiger partial charge on any atom is 0.241 e. The van der Waals surface area contributed by atoms with E-state index < -0.39 is 10.0 Å². The lowest BCUT2D eigenvalue weighted by Crippen LogP contribution is -2.35. The zero-order valence-corrected chi connectivity index (χ0v) is 15.1. The van der Waals surface area contributed by atoms with Crippen LogP contribution in [0.2, 0.25) is 0 Å². The van der Waals surface area contributed by atoms with E-state index in [1.54, 1.807) is 11.8 Å². The second kappa shape index (κ2) is 8.06. The van der Waals surface area contributed by atoms with Crippen LogP contribution in [-0.2, 0) is 10.0 Å². The summed E-state index contributed by atoms with van der Waals surface area (Å²) in [5.74, 6) is 1.77. The molecular formula is C15H26N2O2S2. The Morgan fingerprint density at radius 2 is 1.76 bits per heavy atom. The number of benzene rings is 1. The Kier molecular flexibility index (Phi) is 7.03. The molecule has 0 aliphatic rings. The van der Waals surface area contributed by atoms with Gasteiger partial charge in [0.2, 0.25) is 10.0 Å². The van der Waals surface area contributed by atoms with Crippen molar-refractivity contribution < 1.29 is 8.42 Å². The molecule has 1 atom stereocenters. The second-order valence-corrected chi connectivity index (χ2v) is 8.12. The van der Waals surface area contributed by atoms with E-state index in [0.717, 1.165) is 34.9 Å². The molecule has 0 aliphatic heterocycles. The Hall–Kier alpha value is -0.720. The third-order valence-corrected chi connectivity index (χ3v) is 6.08. The quantitative estimate of drug-likeness (QED) is 0.769. The van der Waals surface area contributed by atoms with Crippen molar-refractivity contribution >= 4 is 27.5 Å².